The molecule has 0 saturated heterocycles. The van der Waals surface area contributed by atoms with Crippen molar-refractivity contribution < 1.29 is 4.39 Å². The van der Waals surface area contributed by atoms with E-state index in [9.17, 15) is 9.18 Å². The molecule has 0 saturated carbocycles. The van der Waals surface area contributed by atoms with Gasteiger partial charge >= 0.3 is 0 Å². The molecule has 1 N–H and O–H groups in total. The van der Waals surface area contributed by atoms with Gasteiger partial charge in [0.15, 0.2) is 0 Å². The van der Waals surface area contributed by atoms with E-state index in [1.165, 1.54) is 10.8 Å². The third-order valence-electron chi connectivity index (χ3n) is 2.22. The summed E-state index contributed by atoms with van der Waals surface area (Å²) in [7, 11) is 3.30. The van der Waals surface area contributed by atoms with Crippen molar-refractivity contribution in [1.82, 2.24) is 14.3 Å². The molecule has 0 aliphatic carbocycles. The Labute approximate surface area is 91.1 Å². The fraction of sp³-hybridized carbons (Fsp3) is 0.200. The molecule has 0 aromatic carbocycles. The summed E-state index contributed by atoms with van der Waals surface area (Å²) in [5.74, 6) is -0.479. The number of nitrogens with zero attached hydrogens (tertiary/aromatic N) is 3. The Bertz CT molecular complexity index is 572. The SMILES string of the molecule is CNc1cc(F)cn(-c2cnn(C)c2)c1=O. The second-order valence-electron chi connectivity index (χ2n) is 3.37. The Morgan fingerprint density at radius 2 is 2.19 bits per heavy atom. The highest BCUT2D eigenvalue weighted by atomic mass is 19.1. The lowest BCUT2D eigenvalue weighted by molar-refractivity contribution is 0.613. The predicted octanol–water partition coefficient (Wildman–Crippen LogP) is 0.752. The predicted molar refractivity (Wildman–Crippen MR) is 58.3 cm³/mol. The van der Waals surface area contributed by atoms with Gasteiger partial charge in [-0.25, -0.2) is 4.39 Å². The topological polar surface area (TPSA) is 51.9 Å². The number of rotatable bonds is 2. The van der Waals surface area contributed by atoms with E-state index in [4.69, 9.17) is 0 Å². The van der Waals surface area contributed by atoms with Crippen molar-refractivity contribution >= 4 is 5.69 Å². The average Bonchev–Trinajstić information content (AvgIpc) is 2.67. The lowest BCUT2D eigenvalue weighted by atomic mass is 10.3. The van der Waals surface area contributed by atoms with Crippen molar-refractivity contribution in [1.29, 1.82) is 0 Å². The molecule has 2 rings (SSSR count). The van der Waals surface area contributed by atoms with Crippen LogP contribution in [0.4, 0.5) is 10.1 Å². The maximum absolute atomic E-state index is 13.3. The number of aromatic nitrogens is 3. The molecule has 0 spiro atoms. The number of nitrogens with one attached hydrogen (secondary N) is 1. The van der Waals surface area contributed by atoms with Crippen LogP contribution in [0, 0.1) is 5.82 Å². The van der Waals surface area contributed by atoms with E-state index in [0.717, 1.165) is 12.3 Å². The highest BCUT2D eigenvalue weighted by molar-refractivity contribution is 5.43. The second kappa shape index (κ2) is 3.80. The van der Waals surface area contributed by atoms with Crippen molar-refractivity contribution in [2.75, 3.05) is 12.4 Å². The van der Waals surface area contributed by atoms with Gasteiger partial charge in [-0.05, 0) is 0 Å². The fourth-order valence-corrected chi connectivity index (χ4v) is 1.45. The van der Waals surface area contributed by atoms with Gasteiger partial charge in [0.05, 0.1) is 11.9 Å². The third kappa shape index (κ3) is 1.69. The van der Waals surface area contributed by atoms with Crippen molar-refractivity contribution in [3.8, 4) is 5.69 Å². The molecule has 0 aliphatic heterocycles. The van der Waals surface area contributed by atoms with Crippen LogP contribution in [0.1, 0.15) is 0 Å². The molecule has 0 radical (unpaired) electrons. The smallest absolute Gasteiger partial charge is 0.278 e. The molecule has 0 unspecified atom stereocenters. The maximum Gasteiger partial charge on any atom is 0.278 e. The van der Waals surface area contributed by atoms with Gasteiger partial charge in [0.1, 0.15) is 11.5 Å². The third-order valence-corrected chi connectivity index (χ3v) is 2.22. The van der Waals surface area contributed by atoms with Crippen LogP contribution in [0.15, 0.2) is 29.5 Å². The van der Waals surface area contributed by atoms with Gasteiger partial charge in [0.2, 0.25) is 0 Å². The van der Waals surface area contributed by atoms with Gasteiger partial charge in [-0.15, -0.1) is 0 Å². The summed E-state index contributed by atoms with van der Waals surface area (Å²) in [5.41, 5.74) is 0.434. The number of hydrogen-bond acceptors (Lipinski definition) is 3. The summed E-state index contributed by atoms with van der Waals surface area (Å²) in [6, 6.07) is 1.16. The van der Waals surface area contributed by atoms with Crippen LogP contribution in [0.25, 0.3) is 5.69 Å². The van der Waals surface area contributed by atoms with Crippen LogP contribution >= 0.6 is 0 Å². The lowest BCUT2D eigenvalue weighted by Crippen LogP contribution is -2.21. The molecule has 2 heterocycles. The van der Waals surface area contributed by atoms with Gasteiger partial charge in [-0.1, -0.05) is 0 Å². The van der Waals surface area contributed by atoms with Gasteiger partial charge in [-0.3, -0.25) is 14.0 Å². The summed E-state index contributed by atoms with van der Waals surface area (Å²) < 4.78 is 16.0. The molecule has 0 aliphatic rings. The standard InChI is InChI=1S/C10H11FN4O/c1-12-9-3-7(11)5-15(10(9)16)8-4-13-14(2)6-8/h3-6,12H,1-2H3. The lowest BCUT2D eigenvalue weighted by Gasteiger charge is -2.05. The molecule has 6 heteroatoms. The van der Waals surface area contributed by atoms with Gasteiger partial charge in [-0.2, -0.15) is 5.10 Å². The van der Waals surface area contributed by atoms with Crippen LogP contribution in [-0.4, -0.2) is 21.4 Å². The molecule has 0 bridgehead atoms. The minimum atomic E-state index is -0.479. The van der Waals surface area contributed by atoms with Gasteiger partial charge in [0, 0.05) is 32.6 Å². The second-order valence-corrected chi connectivity index (χ2v) is 3.37. The summed E-state index contributed by atoms with van der Waals surface area (Å²) in [5, 5.41) is 6.59. The Balaban J connectivity index is 2.65. The molecule has 0 amide bonds. The van der Waals surface area contributed by atoms with Crippen LogP contribution < -0.4 is 10.9 Å². The Morgan fingerprint density at radius 3 is 2.75 bits per heavy atom. The molecule has 16 heavy (non-hydrogen) atoms. The normalized spacial score (nSPS) is 10.4. The zero-order valence-corrected chi connectivity index (χ0v) is 8.94. The van der Waals surface area contributed by atoms with E-state index < -0.39 is 5.82 Å². The average molecular weight is 222 g/mol. The van der Waals surface area contributed by atoms with E-state index in [1.807, 2.05) is 0 Å². The zero-order chi connectivity index (χ0) is 11.7. The van der Waals surface area contributed by atoms with Crippen molar-refractivity contribution in [3.63, 3.8) is 0 Å². The number of halogens is 1. The van der Waals surface area contributed by atoms with Crippen LogP contribution in [-0.2, 0) is 7.05 Å². The maximum atomic E-state index is 13.3. The van der Waals surface area contributed by atoms with Crippen molar-refractivity contribution in [3.05, 3.63) is 40.8 Å². The highest BCUT2D eigenvalue weighted by Gasteiger charge is 2.08. The number of anilines is 1. The zero-order valence-electron chi connectivity index (χ0n) is 8.94. The van der Waals surface area contributed by atoms with E-state index in [1.54, 1.807) is 25.0 Å². The first-order chi connectivity index (χ1) is 7.61. The number of pyridine rings is 1. The number of aryl methyl sites for hydroxylation is 1. The van der Waals surface area contributed by atoms with E-state index in [-0.39, 0.29) is 11.2 Å². The van der Waals surface area contributed by atoms with Crippen LogP contribution in [0.2, 0.25) is 0 Å². The minimum Gasteiger partial charge on any atom is -0.384 e. The summed E-state index contributed by atoms with van der Waals surface area (Å²) >= 11 is 0. The van der Waals surface area contributed by atoms with Gasteiger partial charge in [0.25, 0.3) is 5.56 Å². The first-order valence-electron chi connectivity index (χ1n) is 4.71. The first kappa shape index (κ1) is 10.4. The van der Waals surface area contributed by atoms with E-state index >= 15 is 0 Å². The Kier molecular flexibility index (Phi) is 2.47. The highest BCUT2D eigenvalue weighted by Crippen LogP contribution is 2.08. The minimum absolute atomic E-state index is 0.212. The summed E-state index contributed by atoms with van der Waals surface area (Å²) in [6.45, 7) is 0. The summed E-state index contributed by atoms with van der Waals surface area (Å²) in [4.78, 5) is 11.9. The molecular formula is C10H11FN4O. The fourth-order valence-electron chi connectivity index (χ4n) is 1.45. The summed E-state index contributed by atoms with van der Waals surface area (Å²) in [6.07, 6.45) is 4.28. The molecule has 0 atom stereocenters. The largest absolute Gasteiger partial charge is 0.384 e. The Hall–Kier alpha value is -2.11. The van der Waals surface area contributed by atoms with Crippen LogP contribution in [0.3, 0.4) is 0 Å². The molecule has 84 valence electrons. The van der Waals surface area contributed by atoms with Crippen molar-refractivity contribution in [2.24, 2.45) is 7.05 Å². The first-order valence-corrected chi connectivity index (χ1v) is 4.71. The molecule has 2 aromatic rings. The van der Waals surface area contributed by atoms with Crippen LogP contribution in [0.5, 0.6) is 0 Å². The van der Waals surface area contributed by atoms with E-state index in [0.29, 0.717) is 5.69 Å². The molecular weight excluding hydrogens is 211 g/mol. The Morgan fingerprint density at radius 1 is 1.44 bits per heavy atom. The number of hydrogen-bond donors (Lipinski definition) is 1. The van der Waals surface area contributed by atoms with Crippen molar-refractivity contribution in [2.45, 2.75) is 0 Å². The monoisotopic (exact) mass is 222 g/mol. The van der Waals surface area contributed by atoms with Gasteiger partial charge < -0.3 is 5.32 Å². The molecule has 5 nitrogen and oxygen atoms in total. The molecule has 0 fully saturated rings. The van der Waals surface area contributed by atoms with E-state index in [2.05, 4.69) is 10.4 Å². The quantitative estimate of drug-likeness (QED) is 0.815. The molecule has 2 aromatic heterocycles.